The number of amides is 1. The fourth-order valence-electron chi connectivity index (χ4n) is 2.26. The summed E-state index contributed by atoms with van der Waals surface area (Å²) in [6.45, 7) is 0. The van der Waals surface area contributed by atoms with Crippen LogP contribution < -0.4 is 4.90 Å². The maximum atomic E-state index is 14.0. The fraction of sp³-hybridized carbons (Fsp3) is 0.133. The van der Waals surface area contributed by atoms with Gasteiger partial charge in [-0.1, -0.05) is 29.8 Å². The summed E-state index contributed by atoms with van der Waals surface area (Å²) >= 11 is 7.17. The Balaban J connectivity index is 2.06. The highest BCUT2D eigenvalue weighted by Gasteiger charge is 2.37. The first kappa shape index (κ1) is 14.4. The van der Waals surface area contributed by atoms with E-state index in [0.717, 1.165) is 17.7 Å². The van der Waals surface area contributed by atoms with Gasteiger partial charge in [-0.15, -0.1) is 11.8 Å². The van der Waals surface area contributed by atoms with Crippen molar-refractivity contribution in [3.8, 4) is 0 Å². The van der Waals surface area contributed by atoms with Crippen molar-refractivity contribution in [1.82, 2.24) is 0 Å². The number of carbonyl (C=O) groups is 1. The predicted molar refractivity (Wildman–Crippen MR) is 80.5 cm³/mol. The van der Waals surface area contributed by atoms with Crippen molar-refractivity contribution in [2.24, 2.45) is 0 Å². The van der Waals surface area contributed by atoms with Crippen molar-refractivity contribution in [2.75, 3.05) is 10.7 Å². The Bertz CT molecular complexity index is 672. The fourth-order valence-corrected chi connectivity index (χ4v) is 3.55. The topological polar surface area (TPSA) is 20.3 Å². The molecule has 1 heterocycles. The van der Waals surface area contributed by atoms with Gasteiger partial charge in [0.1, 0.15) is 22.7 Å². The molecule has 0 aromatic heterocycles. The minimum atomic E-state index is -0.746. The van der Waals surface area contributed by atoms with Crippen LogP contribution in [0.3, 0.4) is 0 Å². The average Bonchev–Trinajstić information content (AvgIpc) is 2.82. The molecule has 108 valence electrons. The van der Waals surface area contributed by atoms with Gasteiger partial charge in [-0.25, -0.2) is 8.78 Å². The van der Waals surface area contributed by atoms with E-state index in [1.54, 1.807) is 24.3 Å². The van der Waals surface area contributed by atoms with Gasteiger partial charge in [0.15, 0.2) is 0 Å². The van der Waals surface area contributed by atoms with E-state index in [1.165, 1.54) is 22.7 Å². The minimum Gasteiger partial charge on any atom is -0.290 e. The molecule has 1 aliphatic heterocycles. The van der Waals surface area contributed by atoms with Gasteiger partial charge < -0.3 is 0 Å². The molecular weight excluding hydrogens is 316 g/mol. The molecule has 1 amide bonds. The number of nitrogens with zero attached hydrogens (tertiary/aromatic N) is 1. The molecule has 21 heavy (non-hydrogen) atoms. The molecule has 0 bridgehead atoms. The van der Waals surface area contributed by atoms with Crippen molar-refractivity contribution in [3.05, 3.63) is 64.7 Å². The Morgan fingerprint density at radius 1 is 1.10 bits per heavy atom. The number of thioether (sulfide) groups is 1. The monoisotopic (exact) mass is 325 g/mol. The van der Waals surface area contributed by atoms with Gasteiger partial charge in [-0.3, -0.25) is 9.69 Å². The third-order valence-electron chi connectivity index (χ3n) is 3.20. The lowest BCUT2D eigenvalue weighted by atomic mass is 10.2. The van der Waals surface area contributed by atoms with Crippen LogP contribution in [-0.2, 0) is 4.79 Å². The summed E-state index contributed by atoms with van der Waals surface area (Å²) in [7, 11) is 0. The Labute approximate surface area is 129 Å². The Kier molecular flexibility index (Phi) is 3.87. The molecule has 3 rings (SSSR count). The number of hydrogen-bond acceptors (Lipinski definition) is 2. The van der Waals surface area contributed by atoms with Crippen LogP contribution in [0.1, 0.15) is 10.9 Å². The van der Waals surface area contributed by atoms with Crippen molar-refractivity contribution in [3.63, 3.8) is 0 Å². The molecule has 0 N–H and O–H groups in total. The molecule has 0 saturated carbocycles. The normalized spacial score (nSPS) is 18.3. The van der Waals surface area contributed by atoms with E-state index in [9.17, 15) is 13.6 Å². The number of para-hydroxylation sites is 1. The summed E-state index contributed by atoms with van der Waals surface area (Å²) in [5, 5.41) is 0.109. The number of halogens is 3. The highest BCUT2D eigenvalue weighted by molar-refractivity contribution is 8.00. The molecule has 1 saturated heterocycles. The van der Waals surface area contributed by atoms with E-state index in [-0.39, 0.29) is 17.3 Å². The number of anilines is 1. The Hall–Kier alpha value is -1.59. The third kappa shape index (κ3) is 2.63. The van der Waals surface area contributed by atoms with Crippen LogP contribution in [0.5, 0.6) is 0 Å². The largest absolute Gasteiger partial charge is 0.290 e. The standard InChI is InChI=1S/C15H10ClF2NOS/c16-10-6-4-9(5-7-10)15-19(13(20)8-21-15)14-11(17)2-1-3-12(14)18/h1-7,15H,8H2/t15-/m1/s1. The van der Waals surface area contributed by atoms with E-state index in [2.05, 4.69) is 0 Å². The second kappa shape index (κ2) is 5.66. The van der Waals surface area contributed by atoms with Crippen molar-refractivity contribution < 1.29 is 13.6 Å². The summed E-state index contributed by atoms with van der Waals surface area (Å²) < 4.78 is 27.9. The third-order valence-corrected chi connectivity index (χ3v) is 4.67. The van der Waals surface area contributed by atoms with E-state index in [1.807, 2.05) is 0 Å². The predicted octanol–water partition coefficient (Wildman–Crippen LogP) is 4.40. The SMILES string of the molecule is O=C1CS[C@H](c2ccc(Cl)cc2)N1c1c(F)cccc1F. The lowest BCUT2D eigenvalue weighted by Gasteiger charge is -2.25. The summed E-state index contributed by atoms with van der Waals surface area (Å²) in [6, 6.07) is 10.5. The van der Waals surface area contributed by atoms with Crippen LogP contribution in [0.2, 0.25) is 5.02 Å². The molecule has 2 nitrogen and oxygen atoms in total. The van der Waals surface area contributed by atoms with Crippen LogP contribution in [0.25, 0.3) is 0 Å². The molecule has 2 aromatic carbocycles. The van der Waals surface area contributed by atoms with Crippen LogP contribution in [0.15, 0.2) is 42.5 Å². The zero-order valence-electron chi connectivity index (χ0n) is 10.7. The molecule has 0 radical (unpaired) electrons. The Morgan fingerprint density at radius 2 is 1.71 bits per heavy atom. The van der Waals surface area contributed by atoms with Crippen LogP contribution >= 0.6 is 23.4 Å². The van der Waals surface area contributed by atoms with Crippen molar-refractivity contribution in [1.29, 1.82) is 0 Å². The number of carbonyl (C=O) groups excluding carboxylic acids is 1. The summed E-state index contributed by atoms with van der Waals surface area (Å²) in [4.78, 5) is 13.3. The van der Waals surface area contributed by atoms with Crippen LogP contribution in [0, 0.1) is 11.6 Å². The van der Waals surface area contributed by atoms with Crippen LogP contribution in [0.4, 0.5) is 14.5 Å². The van der Waals surface area contributed by atoms with Gasteiger partial charge in [0.05, 0.1) is 5.75 Å². The molecule has 2 aromatic rings. The molecule has 0 unspecified atom stereocenters. The summed E-state index contributed by atoms with van der Waals surface area (Å²) in [6.07, 6.45) is 0. The van der Waals surface area contributed by atoms with Gasteiger partial charge in [-0.2, -0.15) is 0 Å². The van der Waals surface area contributed by atoms with E-state index in [0.29, 0.717) is 5.02 Å². The van der Waals surface area contributed by atoms with Gasteiger partial charge in [0.2, 0.25) is 5.91 Å². The van der Waals surface area contributed by atoms with Crippen molar-refractivity contribution >= 4 is 35.0 Å². The summed E-state index contributed by atoms with van der Waals surface area (Å²) in [5.41, 5.74) is 0.477. The zero-order chi connectivity index (χ0) is 15.0. The van der Waals surface area contributed by atoms with Crippen molar-refractivity contribution in [2.45, 2.75) is 5.37 Å². The van der Waals surface area contributed by atoms with Gasteiger partial charge in [0.25, 0.3) is 0 Å². The second-order valence-electron chi connectivity index (χ2n) is 4.55. The number of rotatable bonds is 2. The molecule has 1 atom stereocenters. The highest BCUT2D eigenvalue weighted by Crippen LogP contribution is 2.43. The molecule has 0 aliphatic carbocycles. The molecular formula is C15H10ClF2NOS. The smallest absolute Gasteiger partial charge is 0.238 e. The molecule has 0 spiro atoms. The quantitative estimate of drug-likeness (QED) is 0.816. The molecule has 6 heteroatoms. The first-order valence-electron chi connectivity index (χ1n) is 6.21. The zero-order valence-corrected chi connectivity index (χ0v) is 12.3. The first-order chi connectivity index (χ1) is 10.1. The highest BCUT2D eigenvalue weighted by atomic mass is 35.5. The van der Waals surface area contributed by atoms with Gasteiger partial charge in [-0.05, 0) is 29.8 Å². The Morgan fingerprint density at radius 3 is 2.33 bits per heavy atom. The van der Waals surface area contributed by atoms with E-state index >= 15 is 0 Å². The maximum Gasteiger partial charge on any atom is 0.238 e. The maximum absolute atomic E-state index is 14.0. The van der Waals surface area contributed by atoms with E-state index < -0.39 is 17.0 Å². The first-order valence-corrected chi connectivity index (χ1v) is 7.64. The average molecular weight is 326 g/mol. The molecule has 1 aliphatic rings. The molecule has 1 fully saturated rings. The lowest BCUT2D eigenvalue weighted by molar-refractivity contribution is -0.115. The van der Waals surface area contributed by atoms with Gasteiger partial charge in [0, 0.05) is 5.02 Å². The minimum absolute atomic E-state index is 0.182. The number of hydrogen-bond donors (Lipinski definition) is 0. The second-order valence-corrected chi connectivity index (χ2v) is 6.05. The summed E-state index contributed by atoms with van der Waals surface area (Å²) in [5.74, 6) is -1.63. The lowest BCUT2D eigenvalue weighted by Crippen LogP contribution is -2.29. The van der Waals surface area contributed by atoms with Gasteiger partial charge >= 0.3 is 0 Å². The number of benzene rings is 2. The van der Waals surface area contributed by atoms with E-state index in [4.69, 9.17) is 11.6 Å². The van der Waals surface area contributed by atoms with Crippen LogP contribution in [-0.4, -0.2) is 11.7 Å².